The number of hydrogen-bond donors (Lipinski definition) is 4. The Labute approximate surface area is 222 Å². The Morgan fingerprint density at radius 1 is 1.13 bits per heavy atom. The lowest BCUT2D eigenvalue weighted by atomic mass is 10.1. The minimum atomic E-state index is -1.67. The predicted molar refractivity (Wildman–Crippen MR) is 133 cm³/mol. The van der Waals surface area contributed by atoms with Crippen molar-refractivity contribution in [3.8, 4) is 0 Å². The van der Waals surface area contributed by atoms with Crippen LogP contribution in [-0.2, 0) is 33.3 Å². The number of alkyl halides is 1. The van der Waals surface area contributed by atoms with Crippen molar-refractivity contribution >= 4 is 35.0 Å². The van der Waals surface area contributed by atoms with Crippen LogP contribution >= 0.6 is 0 Å². The summed E-state index contributed by atoms with van der Waals surface area (Å²) in [5.74, 6) is -3.52. The summed E-state index contributed by atoms with van der Waals surface area (Å²) in [5.41, 5.74) is 16.7. The van der Waals surface area contributed by atoms with E-state index in [1.165, 1.54) is 10.9 Å². The van der Waals surface area contributed by atoms with Crippen LogP contribution in [0.2, 0.25) is 0 Å². The maximum absolute atomic E-state index is 14.8. The number of esters is 3. The number of anilines is 1. The molecule has 3 rings (SSSR count). The number of carbonyl (C=O) groups excluding carboxylic acids is 3. The van der Waals surface area contributed by atoms with Crippen LogP contribution < -0.4 is 22.8 Å². The summed E-state index contributed by atoms with van der Waals surface area (Å²) in [6, 6.07) is -2.02. The Kier molecular flexibility index (Phi) is 9.58. The molecule has 2 aromatic rings. The zero-order chi connectivity index (χ0) is 29.0. The number of halogens is 1. The van der Waals surface area contributed by atoms with Crippen LogP contribution in [0.15, 0.2) is 11.1 Å². The molecule has 1 fully saturated rings. The number of nitrogen functional groups attached to an aromatic ring is 1. The van der Waals surface area contributed by atoms with E-state index in [-0.39, 0.29) is 35.4 Å². The first kappa shape index (κ1) is 29.9. The minimum absolute atomic E-state index is 0.00548. The SMILES string of the molecule is CC(C)[C@H](N)C(=O)OC[C@H](OC(=O)[C@@H](N)C(C)C)C(=O)OC[C@H]1O[C@@H](n2cnc3c(=O)[nH]c(N)nc32)CC1F. The lowest BCUT2D eigenvalue weighted by Crippen LogP contribution is -2.44. The summed E-state index contributed by atoms with van der Waals surface area (Å²) in [6.45, 7) is 5.54. The number of imidazole rings is 1. The summed E-state index contributed by atoms with van der Waals surface area (Å²) in [7, 11) is 0. The number of H-pyrrole nitrogens is 1. The van der Waals surface area contributed by atoms with Crippen LogP contribution in [0.25, 0.3) is 11.2 Å². The van der Waals surface area contributed by atoms with Gasteiger partial charge in [-0.25, -0.2) is 14.2 Å². The van der Waals surface area contributed by atoms with E-state index >= 15 is 0 Å². The van der Waals surface area contributed by atoms with Crippen molar-refractivity contribution in [2.45, 2.75) is 70.8 Å². The fourth-order valence-corrected chi connectivity index (χ4v) is 3.59. The number of nitrogens with one attached hydrogen (secondary N) is 1. The molecule has 15 nitrogen and oxygen atoms in total. The van der Waals surface area contributed by atoms with Gasteiger partial charge in [-0.2, -0.15) is 4.98 Å². The number of aromatic amines is 1. The monoisotopic (exact) mass is 555 g/mol. The van der Waals surface area contributed by atoms with Crippen molar-refractivity contribution in [2.75, 3.05) is 18.9 Å². The molecule has 0 aliphatic carbocycles. The molecule has 216 valence electrons. The van der Waals surface area contributed by atoms with Gasteiger partial charge >= 0.3 is 17.9 Å². The molecule has 16 heteroatoms. The van der Waals surface area contributed by atoms with Gasteiger partial charge in [-0.05, 0) is 11.8 Å². The Hall–Kier alpha value is -3.63. The maximum Gasteiger partial charge on any atom is 0.351 e. The predicted octanol–water partition coefficient (Wildman–Crippen LogP) is -0.708. The molecule has 0 amide bonds. The minimum Gasteiger partial charge on any atom is -0.460 e. The first-order valence-electron chi connectivity index (χ1n) is 12.4. The van der Waals surface area contributed by atoms with E-state index in [9.17, 15) is 23.6 Å². The van der Waals surface area contributed by atoms with Crippen LogP contribution in [0.5, 0.6) is 0 Å². The second-order valence-corrected chi connectivity index (χ2v) is 9.88. The number of nitrogens with two attached hydrogens (primary N) is 3. The number of ether oxygens (including phenoxy) is 4. The quantitative estimate of drug-likeness (QED) is 0.199. The molecular weight excluding hydrogens is 521 g/mol. The molecule has 1 aliphatic rings. The molecule has 1 aliphatic heterocycles. The number of aromatic nitrogens is 4. The number of hydrogen-bond acceptors (Lipinski definition) is 13. The van der Waals surface area contributed by atoms with Crippen molar-refractivity contribution in [1.29, 1.82) is 0 Å². The van der Waals surface area contributed by atoms with Gasteiger partial charge in [0.25, 0.3) is 5.56 Å². The fourth-order valence-electron chi connectivity index (χ4n) is 3.59. The number of nitrogens with zero attached hydrogens (tertiary/aromatic N) is 3. The highest BCUT2D eigenvalue weighted by Gasteiger charge is 2.39. The van der Waals surface area contributed by atoms with E-state index in [0.717, 1.165) is 0 Å². The van der Waals surface area contributed by atoms with Gasteiger partial charge in [0.2, 0.25) is 12.1 Å². The second-order valence-electron chi connectivity index (χ2n) is 9.88. The molecule has 1 saturated heterocycles. The van der Waals surface area contributed by atoms with E-state index in [1.54, 1.807) is 27.7 Å². The molecule has 7 N–H and O–H groups in total. The van der Waals surface area contributed by atoms with Gasteiger partial charge in [0, 0.05) is 6.42 Å². The summed E-state index contributed by atoms with van der Waals surface area (Å²) in [4.78, 5) is 59.6. The average molecular weight is 556 g/mol. The van der Waals surface area contributed by atoms with Gasteiger partial charge in [-0.15, -0.1) is 0 Å². The molecule has 0 aromatic carbocycles. The molecule has 0 saturated carbocycles. The lowest BCUT2D eigenvalue weighted by molar-refractivity contribution is -0.178. The van der Waals surface area contributed by atoms with Crippen molar-refractivity contribution in [2.24, 2.45) is 23.3 Å². The molecule has 0 radical (unpaired) electrons. The van der Waals surface area contributed by atoms with Crippen LogP contribution in [0.3, 0.4) is 0 Å². The van der Waals surface area contributed by atoms with Crippen LogP contribution in [-0.4, -0.2) is 81.1 Å². The lowest BCUT2D eigenvalue weighted by Gasteiger charge is -2.22. The van der Waals surface area contributed by atoms with Crippen LogP contribution in [0.4, 0.5) is 10.3 Å². The van der Waals surface area contributed by atoms with E-state index < -0.39 is 73.4 Å². The standard InChI is InChI=1S/C23H34FN7O8/c1-9(2)15(25)21(34)37-7-13(39-22(35)16(26)10(3)4)20(33)36-6-12-11(24)5-14(38-12)31-8-28-17-18(31)29-23(27)30-19(17)32/h8-16H,5-7,25-26H2,1-4H3,(H3,27,29,30,32)/t11?,12-,13+,14-,15+,16+/m1/s1. The largest absolute Gasteiger partial charge is 0.460 e. The normalized spacial score (nSPS) is 21.6. The average Bonchev–Trinajstić information content (AvgIpc) is 3.46. The van der Waals surface area contributed by atoms with Gasteiger partial charge in [-0.3, -0.25) is 23.9 Å². The summed E-state index contributed by atoms with van der Waals surface area (Å²) >= 11 is 0. The Morgan fingerprint density at radius 2 is 1.77 bits per heavy atom. The zero-order valence-electron chi connectivity index (χ0n) is 22.0. The third-order valence-electron chi connectivity index (χ3n) is 6.19. The van der Waals surface area contributed by atoms with Crippen molar-refractivity contribution in [3.05, 3.63) is 16.7 Å². The van der Waals surface area contributed by atoms with Gasteiger partial charge in [0.15, 0.2) is 11.2 Å². The summed E-state index contributed by atoms with van der Waals surface area (Å²) in [6.07, 6.45) is -4.26. The highest BCUT2D eigenvalue weighted by molar-refractivity contribution is 5.82. The summed E-state index contributed by atoms with van der Waals surface area (Å²) in [5, 5.41) is 0. The molecule has 1 unspecified atom stereocenters. The Bertz CT molecular complexity index is 1250. The Morgan fingerprint density at radius 3 is 2.41 bits per heavy atom. The molecule has 39 heavy (non-hydrogen) atoms. The molecular formula is C23H34FN7O8. The van der Waals surface area contributed by atoms with Crippen molar-refractivity contribution < 1.29 is 37.7 Å². The highest BCUT2D eigenvalue weighted by Crippen LogP contribution is 2.32. The third-order valence-corrected chi connectivity index (χ3v) is 6.19. The second kappa shape index (κ2) is 12.5. The number of rotatable bonds is 11. The Balaban J connectivity index is 1.66. The zero-order valence-corrected chi connectivity index (χ0v) is 22.0. The van der Waals surface area contributed by atoms with Gasteiger partial charge in [0.05, 0.1) is 6.33 Å². The maximum atomic E-state index is 14.8. The smallest absolute Gasteiger partial charge is 0.351 e. The van der Waals surface area contributed by atoms with Crippen LogP contribution in [0.1, 0.15) is 40.3 Å². The van der Waals surface area contributed by atoms with E-state index in [2.05, 4.69) is 15.0 Å². The number of fused-ring (bicyclic) bond motifs is 1. The first-order chi connectivity index (χ1) is 18.3. The van der Waals surface area contributed by atoms with E-state index in [4.69, 9.17) is 36.1 Å². The third kappa shape index (κ3) is 7.07. The van der Waals surface area contributed by atoms with Crippen molar-refractivity contribution in [1.82, 2.24) is 19.5 Å². The summed E-state index contributed by atoms with van der Waals surface area (Å²) < 4.78 is 37.3. The molecule has 3 heterocycles. The molecule has 6 atom stereocenters. The van der Waals surface area contributed by atoms with Crippen LogP contribution in [0, 0.1) is 11.8 Å². The first-order valence-corrected chi connectivity index (χ1v) is 12.4. The van der Waals surface area contributed by atoms with Gasteiger partial charge < -0.3 is 36.1 Å². The highest BCUT2D eigenvalue weighted by atomic mass is 19.1. The number of carbonyl (C=O) groups is 3. The van der Waals surface area contributed by atoms with E-state index in [1.807, 2.05) is 0 Å². The molecule has 2 aromatic heterocycles. The molecule has 0 spiro atoms. The fraction of sp³-hybridized carbons (Fsp3) is 0.652. The van der Waals surface area contributed by atoms with E-state index in [0.29, 0.717) is 0 Å². The van der Waals surface area contributed by atoms with Gasteiger partial charge in [0.1, 0.15) is 43.8 Å². The molecule has 0 bridgehead atoms. The van der Waals surface area contributed by atoms with Crippen molar-refractivity contribution in [3.63, 3.8) is 0 Å². The van der Waals surface area contributed by atoms with Gasteiger partial charge in [-0.1, -0.05) is 27.7 Å². The topological polar surface area (TPSA) is 230 Å².